The van der Waals surface area contributed by atoms with Gasteiger partial charge in [-0.05, 0) is 31.9 Å². The molecule has 0 saturated heterocycles. The van der Waals surface area contributed by atoms with Crippen LogP contribution >= 0.6 is 0 Å². The van der Waals surface area contributed by atoms with Gasteiger partial charge >= 0.3 is 0 Å². The van der Waals surface area contributed by atoms with E-state index in [1.807, 2.05) is 19.1 Å². The van der Waals surface area contributed by atoms with Crippen molar-refractivity contribution in [2.24, 2.45) is 16.6 Å². The molecule has 1 heterocycles. The third-order valence-electron chi connectivity index (χ3n) is 2.21. The second kappa shape index (κ2) is 3.24. The average molecular weight is 178 g/mol. The fourth-order valence-electron chi connectivity index (χ4n) is 1.25. The van der Waals surface area contributed by atoms with Gasteiger partial charge in [-0.3, -0.25) is 4.99 Å². The molecule has 2 rings (SSSR count). The second-order valence-corrected chi connectivity index (χ2v) is 3.53. The van der Waals surface area contributed by atoms with Gasteiger partial charge in [-0.1, -0.05) is 0 Å². The zero-order chi connectivity index (χ0) is 9.26. The highest BCUT2D eigenvalue weighted by Crippen LogP contribution is 2.28. The molecule has 0 aliphatic heterocycles. The van der Waals surface area contributed by atoms with Crippen LogP contribution in [0.2, 0.25) is 0 Å². The number of aliphatic imine (C=N–C) groups is 1. The molecule has 1 aromatic rings. The van der Waals surface area contributed by atoms with Crippen LogP contribution in [0, 0.1) is 12.8 Å². The molecule has 70 valence electrons. The van der Waals surface area contributed by atoms with E-state index in [9.17, 15) is 0 Å². The first-order chi connectivity index (χ1) is 6.25. The fraction of sp³-hybridized carbons (Fsp3) is 0.500. The monoisotopic (exact) mass is 178 g/mol. The summed E-state index contributed by atoms with van der Waals surface area (Å²) in [5, 5.41) is 0. The highest BCUT2D eigenvalue weighted by atomic mass is 16.3. The SMILES string of the molecule is Cc1ccc(CN=C(N)C2CC2)o1. The summed E-state index contributed by atoms with van der Waals surface area (Å²) >= 11 is 0. The lowest BCUT2D eigenvalue weighted by molar-refractivity contribution is 0.486. The van der Waals surface area contributed by atoms with E-state index in [0.717, 1.165) is 17.4 Å². The molecule has 1 aliphatic carbocycles. The lowest BCUT2D eigenvalue weighted by Crippen LogP contribution is -2.13. The summed E-state index contributed by atoms with van der Waals surface area (Å²) < 4.78 is 5.37. The van der Waals surface area contributed by atoms with Gasteiger partial charge in [-0.2, -0.15) is 0 Å². The Labute approximate surface area is 77.6 Å². The maximum absolute atomic E-state index is 5.74. The molecular weight excluding hydrogens is 164 g/mol. The summed E-state index contributed by atoms with van der Waals surface area (Å²) in [6, 6.07) is 3.89. The molecule has 1 saturated carbocycles. The van der Waals surface area contributed by atoms with E-state index in [-0.39, 0.29) is 0 Å². The van der Waals surface area contributed by atoms with Crippen molar-refractivity contribution in [1.82, 2.24) is 0 Å². The molecule has 3 heteroatoms. The Morgan fingerprint density at radius 1 is 1.62 bits per heavy atom. The molecule has 1 aliphatic rings. The van der Waals surface area contributed by atoms with E-state index < -0.39 is 0 Å². The minimum Gasteiger partial charge on any atom is -0.464 e. The van der Waals surface area contributed by atoms with Crippen LogP contribution in [-0.2, 0) is 6.54 Å². The maximum atomic E-state index is 5.74. The molecule has 0 bridgehead atoms. The summed E-state index contributed by atoms with van der Waals surface area (Å²) in [6.45, 7) is 2.51. The molecule has 3 nitrogen and oxygen atoms in total. The number of amidine groups is 1. The molecule has 0 radical (unpaired) electrons. The first-order valence-electron chi connectivity index (χ1n) is 4.61. The summed E-state index contributed by atoms with van der Waals surface area (Å²) in [7, 11) is 0. The van der Waals surface area contributed by atoms with Gasteiger partial charge < -0.3 is 10.2 Å². The van der Waals surface area contributed by atoms with Crippen LogP contribution in [0.25, 0.3) is 0 Å². The van der Waals surface area contributed by atoms with Gasteiger partial charge in [-0.15, -0.1) is 0 Å². The Hall–Kier alpha value is -1.25. The lowest BCUT2D eigenvalue weighted by Gasteiger charge is -1.95. The van der Waals surface area contributed by atoms with Crippen molar-refractivity contribution in [2.45, 2.75) is 26.3 Å². The number of rotatable bonds is 3. The van der Waals surface area contributed by atoms with E-state index in [4.69, 9.17) is 10.2 Å². The molecule has 2 N–H and O–H groups in total. The van der Waals surface area contributed by atoms with Crippen molar-refractivity contribution in [1.29, 1.82) is 0 Å². The van der Waals surface area contributed by atoms with E-state index in [0.29, 0.717) is 12.5 Å². The normalized spacial score (nSPS) is 17.8. The van der Waals surface area contributed by atoms with Crippen molar-refractivity contribution in [3.63, 3.8) is 0 Å². The van der Waals surface area contributed by atoms with E-state index in [2.05, 4.69) is 4.99 Å². The quantitative estimate of drug-likeness (QED) is 0.567. The Bertz CT molecular complexity index is 323. The van der Waals surface area contributed by atoms with Crippen LogP contribution in [-0.4, -0.2) is 5.84 Å². The van der Waals surface area contributed by atoms with Gasteiger partial charge in [0.1, 0.15) is 11.5 Å². The van der Waals surface area contributed by atoms with Gasteiger partial charge in [0.05, 0.1) is 12.4 Å². The Morgan fingerprint density at radius 3 is 2.92 bits per heavy atom. The Balaban J connectivity index is 1.94. The predicted molar refractivity (Wildman–Crippen MR) is 51.5 cm³/mol. The summed E-state index contributed by atoms with van der Waals surface area (Å²) in [5.41, 5.74) is 5.74. The van der Waals surface area contributed by atoms with Crippen LogP contribution in [0.5, 0.6) is 0 Å². The standard InChI is InChI=1S/C10H14N2O/c1-7-2-5-9(13-7)6-12-10(11)8-3-4-8/h2,5,8H,3-4,6H2,1H3,(H2,11,12). The molecule has 0 amide bonds. The zero-order valence-electron chi connectivity index (χ0n) is 7.79. The van der Waals surface area contributed by atoms with Gasteiger partial charge in [0, 0.05) is 5.92 Å². The smallest absolute Gasteiger partial charge is 0.125 e. The number of aryl methyl sites for hydroxylation is 1. The molecule has 0 aromatic carbocycles. The molecule has 0 spiro atoms. The Morgan fingerprint density at radius 2 is 2.38 bits per heavy atom. The first kappa shape index (κ1) is 8.35. The summed E-state index contributed by atoms with van der Waals surface area (Å²) in [6.07, 6.45) is 2.40. The van der Waals surface area contributed by atoms with Crippen molar-refractivity contribution >= 4 is 5.84 Å². The number of furan rings is 1. The molecule has 1 aromatic heterocycles. The summed E-state index contributed by atoms with van der Waals surface area (Å²) in [5.74, 6) is 3.15. The van der Waals surface area contributed by atoms with Gasteiger partial charge in [-0.25, -0.2) is 0 Å². The zero-order valence-corrected chi connectivity index (χ0v) is 7.79. The van der Waals surface area contributed by atoms with Crippen molar-refractivity contribution < 1.29 is 4.42 Å². The molecular formula is C10H14N2O. The summed E-state index contributed by atoms with van der Waals surface area (Å²) in [4.78, 5) is 4.27. The third kappa shape index (κ3) is 2.11. The maximum Gasteiger partial charge on any atom is 0.125 e. The van der Waals surface area contributed by atoms with Crippen molar-refractivity contribution in [3.8, 4) is 0 Å². The van der Waals surface area contributed by atoms with Crippen LogP contribution in [0.3, 0.4) is 0 Å². The largest absolute Gasteiger partial charge is 0.464 e. The predicted octanol–water partition coefficient (Wildman–Crippen LogP) is 1.86. The fourth-order valence-corrected chi connectivity index (χ4v) is 1.25. The molecule has 0 unspecified atom stereocenters. The van der Waals surface area contributed by atoms with Gasteiger partial charge in [0.25, 0.3) is 0 Å². The van der Waals surface area contributed by atoms with Crippen LogP contribution in [0.1, 0.15) is 24.4 Å². The van der Waals surface area contributed by atoms with Crippen LogP contribution in [0.15, 0.2) is 21.5 Å². The van der Waals surface area contributed by atoms with E-state index in [1.165, 1.54) is 12.8 Å². The van der Waals surface area contributed by atoms with Crippen molar-refractivity contribution in [2.75, 3.05) is 0 Å². The topological polar surface area (TPSA) is 51.5 Å². The highest BCUT2D eigenvalue weighted by molar-refractivity contribution is 5.84. The highest BCUT2D eigenvalue weighted by Gasteiger charge is 2.25. The third-order valence-corrected chi connectivity index (χ3v) is 2.21. The Kier molecular flexibility index (Phi) is 2.08. The first-order valence-corrected chi connectivity index (χ1v) is 4.61. The number of nitrogens with two attached hydrogens (primary N) is 1. The minimum absolute atomic E-state index is 0.552. The number of nitrogens with zero attached hydrogens (tertiary/aromatic N) is 1. The molecule has 1 fully saturated rings. The van der Waals surface area contributed by atoms with Crippen LogP contribution in [0.4, 0.5) is 0 Å². The average Bonchev–Trinajstić information content (AvgIpc) is 2.87. The van der Waals surface area contributed by atoms with Gasteiger partial charge in [0.2, 0.25) is 0 Å². The van der Waals surface area contributed by atoms with E-state index >= 15 is 0 Å². The lowest BCUT2D eigenvalue weighted by atomic mass is 10.4. The van der Waals surface area contributed by atoms with E-state index in [1.54, 1.807) is 0 Å². The molecule has 0 atom stereocenters. The molecule has 13 heavy (non-hydrogen) atoms. The van der Waals surface area contributed by atoms with Crippen LogP contribution < -0.4 is 5.73 Å². The second-order valence-electron chi connectivity index (χ2n) is 3.53. The van der Waals surface area contributed by atoms with Gasteiger partial charge in [0.15, 0.2) is 0 Å². The number of hydrogen-bond acceptors (Lipinski definition) is 2. The van der Waals surface area contributed by atoms with Crippen molar-refractivity contribution in [3.05, 3.63) is 23.7 Å². The minimum atomic E-state index is 0.552. The number of hydrogen-bond donors (Lipinski definition) is 1.